The quantitative estimate of drug-likeness (QED) is 0.865. The highest BCUT2D eigenvalue weighted by Crippen LogP contribution is 2.27. The second-order valence-electron chi connectivity index (χ2n) is 6.49. The number of methoxy groups -OCH3 is 1. The number of aryl methyl sites for hydroxylation is 1. The van der Waals surface area contributed by atoms with E-state index in [4.69, 9.17) is 9.15 Å². The number of piperidine rings is 1. The maximum atomic E-state index is 11.6. The van der Waals surface area contributed by atoms with Crippen LogP contribution >= 0.6 is 0 Å². The first-order chi connectivity index (χ1) is 10.7. The number of hydrogen-bond acceptors (Lipinski definition) is 5. The molecule has 122 valence electrons. The lowest BCUT2D eigenvalue weighted by molar-refractivity contribution is 0.0599. The van der Waals surface area contributed by atoms with Gasteiger partial charge in [0, 0.05) is 6.04 Å². The van der Waals surface area contributed by atoms with Gasteiger partial charge in [0.15, 0.2) is 0 Å². The molecule has 1 aromatic rings. The van der Waals surface area contributed by atoms with Crippen molar-refractivity contribution in [2.75, 3.05) is 26.7 Å². The molecule has 5 nitrogen and oxygen atoms in total. The van der Waals surface area contributed by atoms with Crippen molar-refractivity contribution < 1.29 is 13.9 Å². The van der Waals surface area contributed by atoms with Gasteiger partial charge in [-0.25, -0.2) is 4.79 Å². The van der Waals surface area contributed by atoms with Crippen molar-refractivity contribution in [2.45, 2.75) is 45.2 Å². The Morgan fingerprint density at radius 1 is 1.41 bits per heavy atom. The average Bonchev–Trinajstić information content (AvgIpc) is 3.17. The van der Waals surface area contributed by atoms with E-state index in [0.29, 0.717) is 11.3 Å². The highest BCUT2D eigenvalue weighted by atomic mass is 16.5. The van der Waals surface area contributed by atoms with Gasteiger partial charge in [-0.15, -0.1) is 0 Å². The van der Waals surface area contributed by atoms with E-state index in [9.17, 15) is 4.79 Å². The maximum Gasteiger partial charge on any atom is 0.341 e. The third-order valence-corrected chi connectivity index (χ3v) is 5.05. The normalized spacial score (nSPS) is 23.8. The van der Waals surface area contributed by atoms with Gasteiger partial charge in [-0.05, 0) is 64.2 Å². The maximum absolute atomic E-state index is 11.6. The lowest BCUT2D eigenvalue weighted by Gasteiger charge is -2.34. The van der Waals surface area contributed by atoms with Crippen LogP contribution in [0.1, 0.15) is 47.6 Å². The zero-order valence-electron chi connectivity index (χ0n) is 13.6. The first kappa shape index (κ1) is 15.6. The lowest BCUT2D eigenvalue weighted by Crippen LogP contribution is -2.40. The molecule has 22 heavy (non-hydrogen) atoms. The third kappa shape index (κ3) is 3.36. The fourth-order valence-corrected chi connectivity index (χ4v) is 3.78. The van der Waals surface area contributed by atoms with Gasteiger partial charge in [-0.2, -0.15) is 0 Å². The van der Waals surface area contributed by atoms with Crippen molar-refractivity contribution in [3.8, 4) is 0 Å². The van der Waals surface area contributed by atoms with Gasteiger partial charge in [0.2, 0.25) is 0 Å². The van der Waals surface area contributed by atoms with Gasteiger partial charge >= 0.3 is 5.97 Å². The molecule has 3 heterocycles. The van der Waals surface area contributed by atoms with Crippen molar-refractivity contribution in [1.82, 2.24) is 10.2 Å². The summed E-state index contributed by atoms with van der Waals surface area (Å²) < 4.78 is 10.5. The Morgan fingerprint density at radius 3 is 2.82 bits per heavy atom. The van der Waals surface area contributed by atoms with Crippen molar-refractivity contribution in [2.24, 2.45) is 5.92 Å². The third-order valence-electron chi connectivity index (χ3n) is 5.05. The molecule has 0 amide bonds. The van der Waals surface area contributed by atoms with Crippen LogP contribution in [-0.4, -0.2) is 43.7 Å². The molecule has 1 aromatic heterocycles. The minimum atomic E-state index is -0.321. The van der Waals surface area contributed by atoms with Crippen LogP contribution in [0.15, 0.2) is 10.5 Å². The predicted molar refractivity (Wildman–Crippen MR) is 83.8 cm³/mol. The van der Waals surface area contributed by atoms with Crippen LogP contribution in [0.3, 0.4) is 0 Å². The van der Waals surface area contributed by atoms with Gasteiger partial charge in [0.05, 0.1) is 13.7 Å². The molecule has 1 unspecified atom stereocenters. The number of likely N-dealkylation sites (tertiary alicyclic amines) is 1. The molecule has 1 N–H and O–H groups in total. The highest BCUT2D eigenvalue weighted by molar-refractivity contribution is 5.90. The zero-order chi connectivity index (χ0) is 15.5. The molecule has 5 heteroatoms. The zero-order valence-corrected chi connectivity index (χ0v) is 13.6. The molecule has 2 aliphatic rings. The molecule has 0 aliphatic carbocycles. The van der Waals surface area contributed by atoms with E-state index in [1.807, 2.05) is 13.0 Å². The Morgan fingerprint density at radius 2 is 2.18 bits per heavy atom. The SMILES string of the molecule is COC(=O)c1cc(CN2CCC(C3CCCN3)CC2)oc1C. The lowest BCUT2D eigenvalue weighted by atomic mass is 9.88. The van der Waals surface area contributed by atoms with Crippen LogP contribution < -0.4 is 5.32 Å². The summed E-state index contributed by atoms with van der Waals surface area (Å²) in [6.45, 7) is 6.00. The molecule has 0 saturated carbocycles. The van der Waals surface area contributed by atoms with Crippen molar-refractivity contribution in [1.29, 1.82) is 0 Å². The van der Waals surface area contributed by atoms with E-state index in [1.54, 1.807) is 0 Å². The van der Waals surface area contributed by atoms with Crippen molar-refractivity contribution in [3.63, 3.8) is 0 Å². The van der Waals surface area contributed by atoms with Crippen LogP contribution in [0, 0.1) is 12.8 Å². The van der Waals surface area contributed by atoms with Crippen LogP contribution in [-0.2, 0) is 11.3 Å². The summed E-state index contributed by atoms with van der Waals surface area (Å²) in [5.74, 6) is 2.00. The number of hydrogen-bond donors (Lipinski definition) is 1. The van der Waals surface area contributed by atoms with Gasteiger partial charge in [-0.3, -0.25) is 4.90 Å². The summed E-state index contributed by atoms with van der Waals surface area (Å²) >= 11 is 0. The standard InChI is InChI=1S/C17H26N2O3/c1-12-15(17(20)21-2)10-14(22-12)11-19-8-5-13(6-9-19)16-4-3-7-18-16/h10,13,16,18H,3-9,11H2,1-2H3. The number of carbonyl (C=O) groups is 1. The number of furan rings is 1. The van der Waals surface area contributed by atoms with E-state index >= 15 is 0 Å². The second-order valence-corrected chi connectivity index (χ2v) is 6.49. The highest BCUT2D eigenvalue weighted by Gasteiger charge is 2.28. The van der Waals surface area contributed by atoms with Crippen LogP contribution in [0.5, 0.6) is 0 Å². The van der Waals surface area contributed by atoms with Crippen LogP contribution in [0.4, 0.5) is 0 Å². The average molecular weight is 306 g/mol. The van der Waals surface area contributed by atoms with E-state index in [2.05, 4.69) is 10.2 Å². The Balaban J connectivity index is 1.53. The molecule has 2 saturated heterocycles. The van der Waals surface area contributed by atoms with Crippen LogP contribution in [0.25, 0.3) is 0 Å². The van der Waals surface area contributed by atoms with Gasteiger partial charge in [0.1, 0.15) is 17.1 Å². The Kier molecular flexibility index (Phi) is 4.84. The second kappa shape index (κ2) is 6.84. The molecule has 2 fully saturated rings. The Bertz CT molecular complexity index is 512. The minimum Gasteiger partial charge on any atom is -0.465 e. The summed E-state index contributed by atoms with van der Waals surface area (Å²) in [6.07, 6.45) is 5.17. The van der Waals surface area contributed by atoms with Crippen molar-refractivity contribution >= 4 is 5.97 Å². The molecular formula is C17H26N2O3. The number of ether oxygens (including phenoxy) is 1. The summed E-state index contributed by atoms with van der Waals surface area (Å²) in [4.78, 5) is 14.0. The number of carbonyl (C=O) groups excluding carboxylic acids is 1. The van der Waals surface area contributed by atoms with Crippen molar-refractivity contribution in [3.05, 3.63) is 23.2 Å². The molecule has 1 atom stereocenters. The van der Waals surface area contributed by atoms with E-state index in [0.717, 1.165) is 37.4 Å². The van der Waals surface area contributed by atoms with E-state index in [1.165, 1.54) is 39.3 Å². The number of nitrogens with one attached hydrogen (secondary N) is 1. The number of esters is 1. The number of rotatable bonds is 4. The molecule has 0 bridgehead atoms. The Labute approximate surface area is 132 Å². The van der Waals surface area contributed by atoms with Gasteiger partial charge in [0.25, 0.3) is 0 Å². The van der Waals surface area contributed by atoms with E-state index in [-0.39, 0.29) is 5.97 Å². The smallest absolute Gasteiger partial charge is 0.341 e. The number of nitrogens with zero attached hydrogens (tertiary/aromatic N) is 1. The fourth-order valence-electron chi connectivity index (χ4n) is 3.78. The van der Waals surface area contributed by atoms with Gasteiger partial charge < -0.3 is 14.5 Å². The summed E-state index contributed by atoms with van der Waals surface area (Å²) in [5.41, 5.74) is 0.544. The molecule has 3 rings (SSSR count). The molecule has 0 spiro atoms. The first-order valence-corrected chi connectivity index (χ1v) is 8.30. The molecule has 0 radical (unpaired) electrons. The largest absolute Gasteiger partial charge is 0.465 e. The minimum absolute atomic E-state index is 0.321. The summed E-state index contributed by atoms with van der Waals surface area (Å²) in [5, 5.41) is 3.63. The topological polar surface area (TPSA) is 54.7 Å². The first-order valence-electron chi connectivity index (χ1n) is 8.30. The summed E-state index contributed by atoms with van der Waals surface area (Å²) in [7, 11) is 1.40. The van der Waals surface area contributed by atoms with Crippen LogP contribution in [0.2, 0.25) is 0 Å². The van der Waals surface area contributed by atoms with Gasteiger partial charge in [-0.1, -0.05) is 0 Å². The van der Waals surface area contributed by atoms with E-state index < -0.39 is 0 Å². The molecule has 2 aliphatic heterocycles. The Hall–Kier alpha value is -1.33. The monoisotopic (exact) mass is 306 g/mol. The molecule has 0 aromatic carbocycles. The summed E-state index contributed by atoms with van der Waals surface area (Å²) in [6, 6.07) is 2.56. The fraction of sp³-hybridized carbons (Fsp3) is 0.706. The molecular weight excluding hydrogens is 280 g/mol. The predicted octanol–water partition coefficient (Wildman–Crippen LogP) is 2.34.